The molecule has 0 saturated heterocycles. The fourth-order valence-electron chi connectivity index (χ4n) is 1.81. The van der Waals surface area contributed by atoms with E-state index in [1.54, 1.807) is 11.1 Å². The molecule has 14 heavy (non-hydrogen) atoms. The number of nitrogens with zero attached hydrogens (tertiary/aromatic N) is 2. The molecule has 1 aliphatic rings. The van der Waals surface area contributed by atoms with Crippen molar-refractivity contribution in [1.82, 2.24) is 4.90 Å². The maximum Gasteiger partial charge on any atom is 0.177 e. The van der Waals surface area contributed by atoms with Gasteiger partial charge in [-0.25, -0.2) is 0 Å². The number of ketones is 1. The van der Waals surface area contributed by atoms with E-state index in [0.29, 0.717) is 5.57 Å². The molecule has 3 heteroatoms. The Morgan fingerprint density at radius 1 is 1.43 bits per heavy atom. The first-order chi connectivity index (χ1) is 6.65. The van der Waals surface area contributed by atoms with Gasteiger partial charge < -0.3 is 4.90 Å². The predicted molar refractivity (Wildman–Crippen MR) is 54.3 cm³/mol. The Bertz CT molecular complexity index is 280. The second-order valence-corrected chi connectivity index (χ2v) is 3.96. The van der Waals surface area contributed by atoms with Crippen molar-refractivity contribution >= 4 is 5.78 Å². The summed E-state index contributed by atoms with van der Waals surface area (Å²) in [6, 6.07) is 1.98. The van der Waals surface area contributed by atoms with Gasteiger partial charge in [-0.05, 0) is 12.8 Å². The summed E-state index contributed by atoms with van der Waals surface area (Å²) in [7, 11) is 3.64. The van der Waals surface area contributed by atoms with E-state index >= 15 is 0 Å². The molecule has 3 nitrogen and oxygen atoms in total. The quantitative estimate of drug-likeness (QED) is 0.505. The van der Waals surface area contributed by atoms with Gasteiger partial charge >= 0.3 is 0 Å². The van der Waals surface area contributed by atoms with Crippen molar-refractivity contribution in [2.24, 2.45) is 5.92 Å². The minimum atomic E-state index is 0.0266. The highest BCUT2D eigenvalue weighted by Gasteiger charge is 2.25. The van der Waals surface area contributed by atoms with Gasteiger partial charge in [0, 0.05) is 26.2 Å². The summed E-state index contributed by atoms with van der Waals surface area (Å²) in [4.78, 5) is 13.5. The summed E-state index contributed by atoms with van der Waals surface area (Å²) >= 11 is 0. The van der Waals surface area contributed by atoms with E-state index < -0.39 is 0 Å². The molecular formula is C11H16N2O. The Kier molecular flexibility index (Phi) is 3.70. The Labute approximate surface area is 85.0 Å². The molecule has 0 aromatic heterocycles. The molecule has 0 spiro atoms. The number of Topliss-reactive ketones (excluding diaryl/α,β-unsaturated/α-hetero) is 1. The van der Waals surface area contributed by atoms with E-state index in [1.165, 1.54) is 0 Å². The Hall–Kier alpha value is -1.30. The van der Waals surface area contributed by atoms with Crippen LogP contribution in [0.3, 0.4) is 0 Å². The summed E-state index contributed by atoms with van der Waals surface area (Å²) < 4.78 is 0. The molecule has 0 unspecified atom stereocenters. The molecule has 0 aromatic rings. The summed E-state index contributed by atoms with van der Waals surface area (Å²) in [5.41, 5.74) is 0.293. The molecule has 1 saturated carbocycles. The summed E-state index contributed by atoms with van der Waals surface area (Å²) in [5, 5.41) is 8.84. The normalized spacial score (nSPS) is 17.9. The molecule has 0 bridgehead atoms. The van der Waals surface area contributed by atoms with Crippen molar-refractivity contribution in [1.29, 1.82) is 5.26 Å². The lowest BCUT2D eigenvalue weighted by molar-refractivity contribution is -0.118. The second-order valence-electron chi connectivity index (χ2n) is 3.96. The van der Waals surface area contributed by atoms with Crippen LogP contribution in [0, 0.1) is 17.2 Å². The van der Waals surface area contributed by atoms with Crippen LogP contribution >= 0.6 is 0 Å². The van der Waals surface area contributed by atoms with Gasteiger partial charge in [-0.3, -0.25) is 4.79 Å². The minimum absolute atomic E-state index is 0.0266. The number of nitriles is 1. The van der Waals surface area contributed by atoms with Gasteiger partial charge in [0.15, 0.2) is 5.78 Å². The van der Waals surface area contributed by atoms with E-state index in [1.807, 2.05) is 20.2 Å². The molecule has 0 N–H and O–H groups in total. The molecule has 1 aliphatic carbocycles. The van der Waals surface area contributed by atoms with Crippen LogP contribution in [-0.2, 0) is 4.79 Å². The van der Waals surface area contributed by atoms with Crippen LogP contribution in [0.5, 0.6) is 0 Å². The molecule has 0 aliphatic heterocycles. The van der Waals surface area contributed by atoms with E-state index in [0.717, 1.165) is 25.7 Å². The van der Waals surface area contributed by atoms with Crippen LogP contribution in [-0.4, -0.2) is 24.8 Å². The van der Waals surface area contributed by atoms with E-state index in [2.05, 4.69) is 0 Å². The van der Waals surface area contributed by atoms with Crippen molar-refractivity contribution in [3.8, 4) is 6.07 Å². The van der Waals surface area contributed by atoms with Gasteiger partial charge in [-0.15, -0.1) is 0 Å². The van der Waals surface area contributed by atoms with Crippen LogP contribution in [0.2, 0.25) is 0 Å². The highest BCUT2D eigenvalue weighted by atomic mass is 16.1. The largest absolute Gasteiger partial charge is 0.382 e. The fourth-order valence-corrected chi connectivity index (χ4v) is 1.81. The number of carbonyl (C=O) groups is 1. The fraction of sp³-hybridized carbons (Fsp3) is 0.636. The smallest absolute Gasteiger partial charge is 0.177 e. The van der Waals surface area contributed by atoms with Gasteiger partial charge in [0.25, 0.3) is 0 Å². The van der Waals surface area contributed by atoms with Crippen molar-refractivity contribution in [2.75, 3.05) is 14.1 Å². The zero-order chi connectivity index (χ0) is 10.6. The number of carbonyl (C=O) groups excluding carboxylic acids is 1. The molecule has 76 valence electrons. The topological polar surface area (TPSA) is 44.1 Å². The lowest BCUT2D eigenvalue weighted by Crippen LogP contribution is -2.15. The molecular weight excluding hydrogens is 176 g/mol. The van der Waals surface area contributed by atoms with E-state index in [4.69, 9.17) is 5.26 Å². The monoisotopic (exact) mass is 192 g/mol. The zero-order valence-corrected chi connectivity index (χ0v) is 8.79. The van der Waals surface area contributed by atoms with Crippen LogP contribution in [0.15, 0.2) is 11.8 Å². The molecule has 1 rings (SSSR count). The summed E-state index contributed by atoms with van der Waals surface area (Å²) in [6.45, 7) is 0. The zero-order valence-electron chi connectivity index (χ0n) is 8.79. The molecule has 0 radical (unpaired) electrons. The summed E-state index contributed by atoms with van der Waals surface area (Å²) in [6.07, 6.45) is 5.76. The molecule has 0 atom stereocenters. The highest BCUT2D eigenvalue weighted by molar-refractivity contribution is 6.00. The molecule has 0 amide bonds. The van der Waals surface area contributed by atoms with Crippen LogP contribution < -0.4 is 0 Å². The van der Waals surface area contributed by atoms with Crippen molar-refractivity contribution in [3.63, 3.8) is 0 Å². The average Bonchev–Trinajstić information content (AvgIpc) is 2.65. The lowest BCUT2D eigenvalue weighted by atomic mass is 9.97. The lowest BCUT2D eigenvalue weighted by Gasteiger charge is -2.09. The van der Waals surface area contributed by atoms with Crippen LogP contribution in [0.4, 0.5) is 0 Å². The number of allylic oxidation sites excluding steroid dienone is 1. The Morgan fingerprint density at radius 2 is 2.00 bits per heavy atom. The Balaban J connectivity index is 2.70. The van der Waals surface area contributed by atoms with Crippen molar-refractivity contribution in [2.45, 2.75) is 25.7 Å². The van der Waals surface area contributed by atoms with E-state index in [9.17, 15) is 4.79 Å². The first-order valence-electron chi connectivity index (χ1n) is 4.97. The van der Waals surface area contributed by atoms with Gasteiger partial charge in [0.2, 0.25) is 0 Å². The van der Waals surface area contributed by atoms with Gasteiger partial charge in [0.1, 0.15) is 11.6 Å². The average molecular weight is 192 g/mol. The molecule has 0 heterocycles. The maximum atomic E-state index is 11.8. The van der Waals surface area contributed by atoms with Gasteiger partial charge in [0.05, 0.1) is 0 Å². The third kappa shape index (κ3) is 2.59. The van der Waals surface area contributed by atoms with Crippen molar-refractivity contribution in [3.05, 3.63) is 11.8 Å². The van der Waals surface area contributed by atoms with Crippen LogP contribution in [0.1, 0.15) is 25.7 Å². The second kappa shape index (κ2) is 4.80. The number of hydrogen-bond donors (Lipinski definition) is 0. The number of rotatable bonds is 3. The molecule has 1 fully saturated rings. The Morgan fingerprint density at radius 3 is 2.43 bits per heavy atom. The van der Waals surface area contributed by atoms with Gasteiger partial charge in [-0.2, -0.15) is 5.26 Å². The van der Waals surface area contributed by atoms with Crippen molar-refractivity contribution < 1.29 is 4.79 Å². The summed E-state index contributed by atoms with van der Waals surface area (Å²) in [5.74, 6) is 0.125. The highest BCUT2D eigenvalue weighted by Crippen LogP contribution is 2.27. The first-order valence-corrected chi connectivity index (χ1v) is 4.97. The standard InChI is InChI=1S/C11H16N2O/c1-13(2)8-10(7-12)11(14)9-5-3-4-6-9/h8-9H,3-6H2,1-2H3/b10-8-. The minimum Gasteiger partial charge on any atom is -0.382 e. The molecule has 0 aromatic carbocycles. The number of hydrogen-bond acceptors (Lipinski definition) is 3. The van der Waals surface area contributed by atoms with Crippen LogP contribution in [0.25, 0.3) is 0 Å². The van der Waals surface area contributed by atoms with Gasteiger partial charge in [-0.1, -0.05) is 12.8 Å². The predicted octanol–water partition coefficient (Wildman–Crippen LogP) is 1.71. The third-order valence-electron chi connectivity index (χ3n) is 2.50. The third-order valence-corrected chi connectivity index (χ3v) is 2.50. The first kappa shape index (κ1) is 10.8. The maximum absolute atomic E-state index is 11.8. The SMILES string of the molecule is CN(C)/C=C(/C#N)C(=O)C1CCCC1. The van der Waals surface area contributed by atoms with E-state index in [-0.39, 0.29) is 11.7 Å².